The van der Waals surface area contributed by atoms with Gasteiger partial charge in [-0.05, 0) is 52.4 Å². The lowest BCUT2D eigenvalue weighted by atomic mass is 9.98. The molecule has 0 atom stereocenters. The van der Waals surface area contributed by atoms with Crippen molar-refractivity contribution in [1.82, 2.24) is 24.1 Å². The van der Waals surface area contributed by atoms with E-state index in [2.05, 4.69) is 84.9 Å². The van der Waals surface area contributed by atoms with E-state index in [0.717, 1.165) is 61.1 Å². The van der Waals surface area contributed by atoms with Crippen LogP contribution < -0.4 is 5.69 Å². The summed E-state index contributed by atoms with van der Waals surface area (Å²) in [4.78, 5) is 27.6. The van der Waals surface area contributed by atoms with Crippen LogP contribution >= 0.6 is 0 Å². The number of hydrogen-bond donors (Lipinski definition) is 0. The van der Waals surface area contributed by atoms with Crippen LogP contribution in [0.1, 0.15) is 6.92 Å². The zero-order chi connectivity index (χ0) is 33.3. The molecule has 8 aromatic rings. The van der Waals surface area contributed by atoms with Crippen molar-refractivity contribution in [2.45, 2.75) is 13.5 Å². The van der Waals surface area contributed by atoms with Crippen molar-refractivity contribution in [3.05, 3.63) is 162 Å². The van der Waals surface area contributed by atoms with Gasteiger partial charge < -0.3 is 0 Å². The van der Waals surface area contributed by atoms with Gasteiger partial charge in [0.15, 0.2) is 17.5 Å². The molecule has 6 nitrogen and oxygen atoms in total. The first-order valence-corrected chi connectivity index (χ1v) is 16.4. The van der Waals surface area contributed by atoms with E-state index in [1.165, 1.54) is 0 Å². The van der Waals surface area contributed by atoms with E-state index in [4.69, 9.17) is 15.0 Å². The Bertz CT molecular complexity index is 2480. The molecule has 0 bridgehead atoms. The molecule has 0 fully saturated rings. The quantitative estimate of drug-likeness (QED) is 0.175. The van der Waals surface area contributed by atoms with Gasteiger partial charge in [0.1, 0.15) is 0 Å². The molecule has 49 heavy (non-hydrogen) atoms. The van der Waals surface area contributed by atoms with Crippen molar-refractivity contribution >= 4 is 11.0 Å². The van der Waals surface area contributed by atoms with Gasteiger partial charge in [-0.3, -0.25) is 9.13 Å². The lowest BCUT2D eigenvalue weighted by Crippen LogP contribution is -2.21. The summed E-state index contributed by atoms with van der Waals surface area (Å²) < 4.78 is 3.52. The number of rotatable bonds is 7. The highest BCUT2D eigenvalue weighted by Gasteiger charge is 2.16. The van der Waals surface area contributed by atoms with E-state index in [-0.39, 0.29) is 5.69 Å². The third-order valence-corrected chi connectivity index (χ3v) is 9.08. The van der Waals surface area contributed by atoms with Crippen LogP contribution in [0.25, 0.3) is 78.6 Å². The van der Waals surface area contributed by atoms with Gasteiger partial charge in [0.05, 0.1) is 11.0 Å². The summed E-state index contributed by atoms with van der Waals surface area (Å²) in [6.07, 6.45) is 0. The number of aryl methyl sites for hydroxylation is 2. The van der Waals surface area contributed by atoms with Crippen molar-refractivity contribution in [2.75, 3.05) is 0 Å². The number of hydrogen-bond acceptors (Lipinski definition) is 4. The van der Waals surface area contributed by atoms with Gasteiger partial charge in [-0.15, -0.1) is 0 Å². The number of benzene rings is 6. The Morgan fingerprint density at radius 2 is 0.898 bits per heavy atom. The molecule has 2 aromatic heterocycles. The highest BCUT2D eigenvalue weighted by Crippen LogP contribution is 2.33. The van der Waals surface area contributed by atoms with E-state index in [0.29, 0.717) is 24.0 Å². The Morgan fingerprint density at radius 3 is 1.49 bits per heavy atom. The molecule has 0 aliphatic rings. The summed E-state index contributed by atoms with van der Waals surface area (Å²) in [5, 5.41) is 0. The van der Waals surface area contributed by atoms with Crippen LogP contribution in [0.2, 0.25) is 0 Å². The van der Waals surface area contributed by atoms with E-state index in [1.54, 1.807) is 9.13 Å². The minimum atomic E-state index is 0.00937. The summed E-state index contributed by atoms with van der Waals surface area (Å²) >= 11 is 0. The predicted molar refractivity (Wildman–Crippen MR) is 199 cm³/mol. The molecule has 2 heterocycles. The molecule has 6 heteroatoms. The summed E-state index contributed by atoms with van der Waals surface area (Å²) in [5.41, 5.74) is 11.3. The maximum atomic E-state index is 12.6. The van der Waals surface area contributed by atoms with E-state index < -0.39 is 0 Å². The molecule has 0 saturated heterocycles. The summed E-state index contributed by atoms with van der Waals surface area (Å²) in [6, 6.07) is 51.8. The molecule has 0 aliphatic carbocycles. The van der Waals surface area contributed by atoms with Crippen molar-refractivity contribution < 1.29 is 0 Å². The van der Waals surface area contributed by atoms with Gasteiger partial charge in [-0.1, -0.05) is 140 Å². The fraction of sp³-hybridized carbons (Fsp3) is 0.0698. The van der Waals surface area contributed by atoms with E-state index in [1.807, 2.05) is 80.7 Å². The zero-order valence-electron chi connectivity index (χ0n) is 27.3. The third kappa shape index (κ3) is 5.63. The first-order chi connectivity index (χ1) is 24.1. The van der Waals surface area contributed by atoms with Crippen molar-refractivity contribution in [2.24, 2.45) is 7.05 Å². The van der Waals surface area contributed by atoms with Crippen LogP contribution in [0.15, 0.2) is 156 Å². The molecule has 0 amide bonds. The molecular weight excluding hydrogens is 603 g/mol. The summed E-state index contributed by atoms with van der Waals surface area (Å²) in [5.74, 6) is 1.88. The molecule has 0 N–H and O–H groups in total. The predicted octanol–water partition coefficient (Wildman–Crippen LogP) is 9.55. The summed E-state index contributed by atoms with van der Waals surface area (Å²) in [6.45, 7) is 2.64. The Kier molecular flexibility index (Phi) is 7.74. The maximum Gasteiger partial charge on any atom is 0.328 e. The SMILES string of the molecule is CCn1c(=O)n(C)c2cc(-c3ccc(-c4ccc(-c5nc(-c6ccccc6)nc(-c6ccccc6-c6ccccc6)n5)cc4)cc3)ccc21. The van der Waals surface area contributed by atoms with Gasteiger partial charge in [-0.25, -0.2) is 19.7 Å². The van der Waals surface area contributed by atoms with Gasteiger partial charge >= 0.3 is 5.69 Å². The largest absolute Gasteiger partial charge is 0.328 e. The number of aromatic nitrogens is 5. The lowest BCUT2D eigenvalue weighted by molar-refractivity contribution is 0.712. The zero-order valence-corrected chi connectivity index (χ0v) is 27.3. The Hall–Kier alpha value is -6.40. The Morgan fingerprint density at radius 1 is 0.449 bits per heavy atom. The second-order valence-electron chi connectivity index (χ2n) is 12.0. The number of imidazole rings is 1. The molecule has 6 aromatic carbocycles. The molecule has 0 unspecified atom stereocenters. The minimum absolute atomic E-state index is 0.00937. The van der Waals surface area contributed by atoms with Crippen LogP contribution in [0.5, 0.6) is 0 Å². The first kappa shape index (κ1) is 30.0. The normalized spacial score (nSPS) is 11.2. The highest BCUT2D eigenvalue weighted by molar-refractivity contribution is 5.84. The maximum absolute atomic E-state index is 12.6. The van der Waals surface area contributed by atoms with Crippen LogP contribution in [-0.2, 0) is 13.6 Å². The van der Waals surface area contributed by atoms with Crippen molar-refractivity contribution in [3.63, 3.8) is 0 Å². The van der Waals surface area contributed by atoms with Crippen molar-refractivity contribution in [1.29, 1.82) is 0 Å². The van der Waals surface area contributed by atoms with Crippen molar-refractivity contribution in [3.8, 4) is 67.5 Å². The average molecular weight is 636 g/mol. The van der Waals surface area contributed by atoms with E-state index >= 15 is 0 Å². The minimum Gasteiger partial charge on any atom is -0.295 e. The molecule has 0 saturated carbocycles. The molecule has 236 valence electrons. The highest BCUT2D eigenvalue weighted by atomic mass is 16.1. The average Bonchev–Trinajstić information content (AvgIpc) is 3.42. The first-order valence-electron chi connectivity index (χ1n) is 16.4. The second kappa shape index (κ2) is 12.7. The lowest BCUT2D eigenvalue weighted by Gasteiger charge is -2.12. The molecular formula is C43H33N5O. The fourth-order valence-electron chi connectivity index (χ4n) is 6.45. The molecule has 0 radical (unpaired) electrons. The third-order valence-electron chi connectivity index (χ3n) is 9.08. The van der Waals surface area contributed by atoms with E-state index in [9.17, 15) is 4.79 Å². The topological polar surface area (TPSA) is 65.6 Å². The summed E-state index contributed by atoms with van der Waals surface area (Å²) in [7, 11) is 1.83. The Labute approximate surface area is 284 Å². The molecule has 0 aliphatic heterocycles. The standard InChI is InChI=1S/C43H33N5O/c1-3-48-38-27-26-35(28-39(38)47(2)43(48)49)31-20-18-29(19-21-31)30-22-24-34(25-23-30)41-44-40(33-14-8-5-9-15-33)45-42(46-41)37-17-11-10-16-36(37)32-12-6-4-7-13-32/h4-28H,3H2,1-2H3. The smallest absolute Gasteiger partial charge is 0.295 e. The monoisotopic (exact) mass is 635 g/mol. The molecule has 8 rings (SSSR count). The van der Waals surface area contributed by atoms with Gasteiger partial charge in [-0.2, -0.15) is 0 Å². The number of nitrogens with zero attached hydrogens (tertiary/aromatic N) is 5. The van der Waals surface area contributed by atoms with Crippen LogP contribution in [0.3, 0.4) is 0 Å². The van der Waals surface area contributed by atoms with Crippen LogP contribution in [0.4, 0.5) is 0 Å². The van der Waals surface area contributed by atoms with Gasteiger partial charge in [0.2, 0.25) is 0 Å². The van der Waals surface area contributed by atoms with Gasteiger partial charge in [0.25, 0.3) is 0 Å². The second-order valence-corrected chi connectivity index (χ2v) is 12.0. The Balaban J connectivity index is 1.13. The molecule has 0 spiro atoms. The van der Waals surface area contributed by atoms with Gasteiger partial charge in [0, 0.05) is 30.3 Å². The number of fused-ring (bicyclic) bond motifs is 1. The van der Waals surface area contributed by atoms with Crippen LogP contribution in [-0.4, -0.2) is 24.1 Å². The fourth-order valence-corrected chi connectivity index (χ4v) is 6.45. The van der Waals surface area contributed by atoms with Crippen LogP contribution in [0, 0.1) is 0 Å².